The molecule has 1 aromatic carbocycles. The van der Waals surface area contributed by atoms with Crippen LogP contribution < -0.4 is 5.48 Å². The molecule has 1 aromatic rings. The van der Waals surface area contributed by atoms with E-state index in [1.54, 1.807) is 0 Å². The molecule has 2 nitrogen and oxygen atoms in total. The highest BCUT2D eigenvalue weighted by atomic mass is 19.4. The lowest BCUT2D eigenvalue weighted by Crippen LogP contribution is -2.10. The van der Waals surface area contributed by atoms with E-state index in [0.717, 1.165) is 0 Å². The first-order valence-electron chi connectivity index (χ1n) is 3.32. The molecule has 0 aliphatic carbocycles. The first kappa shape index (κ1) is 10.7. The lowest BCUT2D eigenvalue weighted by atomic mass is 10.2. The Morgan fingerprint density at radius 1 is 1.07 bits per heavy atom. The summed E-state index contributed by atoms with van der Waals surface area (Å²) in [6.45, 7) is 0. The van der Waals surface area contributed by atoms with Gasteiger partial charge in [-0.1, -0.05) is 0 Å². The molecule has 0 radical (unpaired) electrons. The summed E-state index contributed by atoms with van der Waals surface area (Å²) in [4.78, 5) is 0. The number of nitrogens with one attached hydrogen (secondary N) is 1. The van der Waals surface area contributed by atoms with Crippen LogP contribution in [0.25, 0.3) is 0 Å². The fourth-order valence-electron chi connectivity index (χ4n) is 0.852. The van der Waals surface area contributed by atoms with Gasteiger partial charge in [0.05, 0.1) is 11.3 Å². The predicted molar refractivity (Wildman–Crippen MR) is 36.8 cm³/mol. The number of hydrogen-bond acceptors (Lipinski definition) is 2. The highest BCUT2D eigenvalue weighted by Crippen LogP contribution is 2.33. The number of benzene rings is 1. The van der Waals surface area contributed by atoms with Crippen LogP contribution in [0.2, 0.25) is 0 Å². The molecule has 0 unspecified atom stereocenters. The van der Waals surface area contributed by atoms with E-state index in [1.165, 1.54) is 5.48 Å². The molecule has 2 N–H and O–H groups in total. The van der Waals surface area contributed by atoms with Gasteiger partial charge in [-0.25, -0.2) is 8.78 Å². The summed E-state index contributed by atoms with van der Waals surface area (Å²) in [6, 6.07) is 0.187. The van der Waals surface area contributed by atoms with E-state index >= 15 is 0 Å². The van der Waals surface area contributed by atoms with Crippen LogP contribution in [0, 0.1) is 11.6 Å². The highest BCUT2D eigenvalue weighted by molar-refractivity contribution is 5.46. The first-order valence-corrected chi connectivity index (χ1v) is 3.32. The van der Waals surface area contributed by atoms with Crippen LogP contribution in [0.15, 0.2) is 12.1 Å². The standard InChI is InChI=1S/C7H4F5NO/c8-4-2-5(9)6(13-14)1-3(4)7(10,11)12/h1-2,13-14H. The van der Waals surface area contributed by atoms with Crippen molar-refractivity contribution >= 4 is 5.69 Å². The fraction of sp³-hybridized carbons (Fsp3) is 0.143. The normalized spacial score (nSPS) is 11.6. The summed E-state index contributed by atoms with van der Waals surface area (Å²) >= 11 is 0. The van der Waals surface area contributed by atoms with Crippen LogP contribution in [-0.2, 0) is 6.18 Å². The van der Waals surface area contributed by atoms with Gasteiger partial charge in [0.15, 0.2) is 5.82 Å². The molecule has 0 saturated heterocycles. The fourth-order valence-corrected chi connectivity index (χ4v) is 0.852. The summed E-state index contributed by atoms with van der Waals surface area (Å²) < 4.78 is 61.3. The molecule has 0 aliphatic rings. The van der Waals surface area contributed by atoms with E-state index in [4.69, 9.17) is 5.21 Å². The largest absolute Gasteiger partial charge is 0.419 e. The number of alkyl halides is 3. The van der Waals surface area contributed by atoms with Crippen LogP contribution in [0.3, 0.4) is 0 Å². The Hall–Kier alpha value is -1.37. The monoisotopic (exact) mass is 213 g/mol. The van der Waals surface area contributed by atoms with E-state index in [9.17, 15) is 22.0 Å². The second-order valence-corrected chi connectivity index (χ2v) is 2.42. The Kier molecular flexibility index (Phi) is 2.61. The summed E-state index contributed by atoms with van der Waals surface area (Å²) in [5.74, 6) is -3.04. The Labute approximate surface area is 74.9 Å². The van der Waals surface area contributed by atoms with E-state index in [1.807, 2.05) is 0 Å². The third kappa shape index (κ3) is 1.92. The predicted octanol–water partition coefficient (Wildman–Crippen LogP) is 2.78. The first-order chi connectivity index (χ1) is 6.36. The average Bonchev–Trinajstić information content (AvgIpc) is 2.02. The second-order valence-electron chi connectivity index (χ2n) is 2.42. The minimum atomic E-state index is -4.93. The molecule has 0 amide bonds. The molecule has 7 heteroatoms. The minimum absolute atomic E-state index is 0.0430. The quantitative estimate of drug-likeness (QED) is 0.555. The van der Waals surface area contributed by atoms with Gasteiger partial charge in [-0.15, -0.1) is 0 Å². The molecule has 14 heavy (non-hydrogen) atoms. The third-order valence-electron chi connectivity index (χ3n) is 1.48. The van der Waals surface area contributed by atoms with E-state index in [0.29, 0.717) is 0 Å². The van der Waals surface area contributed by atoms with Gasteiger partial charge < -0.3 is 0 Å². The van der Waals surface area contributed by atoms with Crippen molar-refractivity contribution in [2.75, 3.05) is 5.48 Å². The van der Waals surface area contributed by atoms with Crippen molar-refractivity contribution in [3.8, 4) is 0 Å². The molecular formula is C7H4F5NO. The molecule has 0 saturated carbocycles. The smallest absolute Gasteiger partial charge is 0.291 e. The van der Waals surface area contributed by atoms with Crippen LogP contribution >= 0.6 is 0 Å². The zero-order chi connectivity index (χ0) is 10.9. The summed E-state index contributed by atoms with van der Waals surface area (Å²) in [5.41, 5.74) is -1.28. The maximum atomic E-state index is 12.6. The van der Waals surface area contributed by atoms with E-state index in [-0.39, 0.29) is 12.1 Å². The summed E-state index contributed by atoms with van der Waals surface area (Å²) in [7, 11) is 0. The molecule has 1 rings (SSSR count). The zero-order valence-electron chi connectivity index (χ0n) is 6.49. The molecule has 0 bridgehead atoms. The van der Waals surface area contributed by atoms with Crippen LogP contribution in [0.1, 0.15) is 5.56 Å². The van der Waals surface area contributed by atoms with E-state index < -0.39 is 29.1 Å². The van der Waals surface area contributed by atoms with Crippen LogP contribution in [0.4, 0.5) is 27.6 Å². The van der Waals surface area contributed by atoms with Crippen molar-refractivity contribution in [1.82, 2.24) is 0 Å². The van der Waals surface area contributed by atoms with Crippen molar-refractivity contribution in [3.05, 3.63) is 29.3 Å². The summed E-state index contributed by atoms with van der Waals surface area (Å²) in [5, 5.41) is 8.22. The molecule has 78 valence electrons. The number of rotatable bonds is 1. The van der Waals surface area contributed by atoms with Gasteiger partial charge in [0.25, 0.3) is 0 Å². The van der Waals surface area contributed by atoms with Crippen molar-refractivity contribution in [1.29, 1.82) is 0 Å². The molecule has 0 aromatic heterocycles. The van der Waals surface area contributed by atoms with Gasteiger partial charge >= 0.3 is 6.18 Å². The van der Waals surface area contributed by atoms with E-state index in [2.05, 4.69) is 0 Å². The lowest BCUT2D eigenvalue weighted by Gasteiger charge is -2.09. The Balaban J connectivity index is 3.32. The lowest BCUT2D eigenvalue weighted by molar-refractivity contribution is -0.140. The number of hydrogen-bond donors (Lipinski definition) is 2. The van der Waals surface area contributed by atoms with Crippen molar-refractivity contribution in [2.45, 2.75) is 6.18 Å². The molecule has 0 aliphatic heterocycles. The van der Waals surface area contributed by atoms with Crippen LogP contribution in [0.5, 0.6) is 0 Å². The van der Waals surface area contributed by atoms with Crippen molar-refractivity contribution in [2.24, 2.45) is 0 Å². The minimum Gasteiger partial charge on any atom is -0.291 e. The molecule has 0 atom stereocenters. The summed E-state index contributed by atoms with van der Waals surface area (Å²) in [6.07, 6.45) is -4.93. The van der Waals surface area contributed by atoms with Gasteiger partial charge in [0.1, 0.15) is 5.82 Å². The topological polar surface area (TPSA) is 32.3 Å². The molecule has 0 heterocycles. The maximum Gasteiger partial charge on any atom is 0.419 e. The Bertz CT molecular complexity index is 349. The van der Waals surface area contributed by atoms with Gasteiger partial charge in [0.2, 0.25) is 0 Å². The van der Waals surface area contributed by atoms with Crippen molar-refractivity contribution in [3.63, 3.8) is 0 Å². The van der Waals surface area contributed by atoms with Gasteiger partial charge in [-0.3, -0.25) is 10.7 Å². The van der Waals surface area contributed by atoms with Crippen molar-refractivity contribution < 1.29 is 27.2 Å². The maximum absolute atomic E-state index is 12.6. The van der Waals surface area contributed by atoms with Gasteiger partial charge in [0, 0.05) is 6.07 Å². The number of halogens is 5. The molecular weight excluding hydrogens is 209 g/mol. The molecule has 0 spiro atoms. The zero-order valence-corrected chi connectivity index (χ0v) is 6.49. The average molecular weight is 213 g/mol. The number of anilines is 1. The Morgan fingerprint density at radius 2 is 1.64 bits per heavy atom. The highest BCUT2D eigenvalue weighted by Gasteiger charge is 2.35. The van der Waals surface area contributed by atoms with Crippen LogP contribution in [-0.4, -0.2) is 5.21 Å². The van der Waals surface area contributed by atoms with Gasteiger partial charge in [-0.2, -0.15) is 13.2 Å². The SMILES string of the molecule is ONc1cc(C(F)(F)F)c(F)cc1F. The second kappa shape index (κ2) is 3.41. The van der Waals surface area contributed by atoms with Gasteiger partial charge in [-0.05, 0) is 6.07 Å². The Morgan fingerprint density at radius 3 is 2.07 bits per heavy atom. The third-order valence-corrected chi connectivity index (χ3v) is 1.48. The molecule has 0 fully saturated rings.